The van der Waals surface area contributed by atoms with Gasteiger partial charge in [-0.1, -0.05) is 44.7 Å². The molecule has 0 radical (unpaired) electrons. The van der Waals surface area contributed by atoms with Gasteiger partial charge in [0, 0.05) is 6.42 Å². The summed E-state index contributed by atoms with van der Waals surface area (Å²) in [4.78, 5) is 25.8. The molecule has 1 atom stereocenters. The number of carbonyl (C=O) groups is 1. The maximum atomic E-state index is 13.3. The summed E-state index contributed by atoms with van der Waals surface area (Å²) in [6.45, 7) is 8.08. The summed E-state index contributed by atoms with van der Waals surface area (Å²) >= 11 is 6.38. The molecule has 2 aromatic rings. The van der Waals surface area contributed by atoms with E-state index >= 15 is 0 Å². The second-order valence-electron chi connectivity index (χ2n) is 8.98. The maximum absolute atomic E-state index is 13.3. The van der Waals surface area contributed by atoms with E-state index in [-0.39, 0.29) is 28.9 Å². The molecule has 3 heterocycles. The Kier molecular flexibility index (Phi) is 5.91. The van der Waals surface area contributed by atoms with Crippen LogP contribution in [0.3, 0.4) is 0 Å². The van der Waals surface area contributed by atoms with Crippen molar-refractivity contribution in [3.05, 3.63) is 38.2 Å². The predicted octanol–water partition coefficient (Wildman–Crippen LogP) is 6.50. The van der Waals surface area contributed by atoms with Crippen LogP contribution >= 0.6 is 11.6 Å². The molecule has 1 unspecified atom stereocenters. The van der Waals surface area contributed by atoms with Crippen molar-refractivity contribution in [1.29, 1.82) is 0 Å². The van der Waals surface area contributed by atoms with Crippen LogP contribution < -0.4 is 15.1 Å². The number of Topliss-reactive ketones (excluding diaryl/α,β-unsaturated/α-hetero) is 1. The van der Waals surface area contributed by atoms with Gasteiger partial charge >= 0.3 is 5.63 Å². The number of halogens is 1. The molecular formula is C25H29ClO5. The molecular weight excluding hydrogens is 416 g/mol. The molecule has 0 saturated heterocycles. The van der Waals surface area contributed by atoms with Crippen LogP contribution in [0.2, 0.25) is 5.02 Å². The van der Waals surface area contributed by atoms with Crippen LogP contribution in [0.1, 0.15) is 87.7 Å². The summed E-state index contributed by atoms with van der Waals surface area (Å²) in [6.07, 6.45) is 9.38. The van der Waals surface area contributed by atoms with E-state index in [2.05, 4.69) is 6.92 Å². The molecule has 0 bridgehead atoms. The quantitative estimate of drug-likeness (QED) is 0.376. The topological polar surface area (TPSA) is 65.7 Å². The normalized spacial score (nSPS) is 19.0. The third-order valence-corrected chi connectivity index (χ3v) is 6.34. The molecule has 1 aromatic heterocycles. The zero-order valence-corrected chi connectivity index (χ0v) is 19.4. The van der Waals surface area contributed by atoms with E-state index in [1.54, 1.807) is 0 Å². The summed E-state index contributed by atoms with van der Waals surface area (Å²) < 4.78 is 18.3. The molecule has 0 spiro atoms. The Bertz CT molecular complexity index is 1130. The lowest BCUT2D eigenvalue weighted by Gasteiger charge is -2.33. The van der Waals surface area contributed by atoms with Crippen molar-refractivity contribution >= 4 is 34.4 Å². The number of rotatable bonds is 6. The first-order valence-corrected chi connectivity index (χ1v) is 11.6. The molecule has 5 nitrogen and oxygen atoms in total. The molecule has 166 valence electrons. The highest BCUT2D eigenvalue weighted by Gasteiger charge is 2.37. The lowest BCUT2D eigenvalue weighted by atomic mass is 9.89. The highest BCUT2D eigenvalue weighted by Crippen LogP contribution is 2.49. The fraction of sp³-hybridized carbons (Fsp3) is 0.520. The largest absolute Gasteiger partial charge is 0.488 e. The molecule has 2 aliphatic rings. The lowest BCUT2D eigenvalue weighted by molar-refractivity contribution is 0.0833. The van der Waals surface area contributed by atoms with E-state index in [9.17, 15) is 9.59 Å². The van der Waals surface area contributed by atoms with E-state index < -0.39 is 11.2 Å². The van der Waals surface area contributed by atoms with Crippen molar-refractivity contribution in [2.45, 2.75) is 84.3 Å². The molecule has 0 fully saturated rings. The molecule has 0 aliphatic carbocycles. The highest BCUT2D eigenvalue weighted by molar-refractivity contribution is 6.32. The van der Waals surface area contributed by atoms with Gasteiger partial charge in [0.15, 0.2) is 11.4 Å². The second kappa shape index (κ2) is 8.34. The minimum absolute atomic E-state index is 0.0501. The third kappa shape index (κ3) is 3.89. The molecule has 0 amide bonds. The number of ether oxygens (including phenoxy) is 2. The van der Waals surface area contributed by atoms with Gasteiger partial charge in [0.25, 0.3) is 0 Å². The van der Waals surface area contributed by atoms with E-state index in [4.69, 9.17) is 25.5 Å². The van der Waals surface area contributed by atoms with Crippen molar-refractivity contribution in [3.63, 3.8) is 0 Å². The summed E-state index contributed by atoms with van der Waals surface area (Å²) in [6, 6.07) is 0. The van der Waals surface area contributed by atoms with Gasteiger partial charge < -0.3 is 13.9 Å². The molecule has 0 N–H and O–H groups in total. The number of hydrogen-bond acceptors (Lipinski definition) is 5. The van der Waals surface area contributed by atoms with Gasteiger partial charge in [-0.05, 0) is 50.8 Å². The van der Waals surface area contributed by atoms with Gasteiger partial charge in [0.1, 0.15) is 33.8 Å². The molecule has 0 saturated carbocycles. The van der Waals surface area contributed by atoms with E-state index in [0.717, 1.165) is 37.7 Å². The number of ketones is 1. The zero-order chi connectivity index (χ0) is 22.3. The van der Waals surface area contributed by atoms with Gasteiger partial charge in [-0.15, -0.1) is 0 Å². The summed E-state index contributed by atoms with van der Waals surface area (Å²) in [5.41, 5.74) is 0.757. The van der Waals surface area contributed by atoms with Crippen molar-refractivity contribution in [2.75, 3.05) is 0 Å². The average Bonchev–Trinajstić information content (AvgIpc) is 2.70. The van der Waals surface area contributed by atoms with E-state index in [1.165, 1.54) is 0 Å². The van der Waals surface area contributed by atoms with Crippen molar-refractivity contribution < 1.29 is 18.7 Å². The second-order valence-corrected chi connectivity index (χ2v) is 9.36. The smallest absolute Gasteiger partial charge is 0.355 e. The van der Waals surface area contributed by atoms with Gasteiger partial charge in [-0.3, -0.25) is 4.79 Å². The first-order chi connectivity index (χ1) is 14.8. The number of fused-ring (bicyclic) bond motifs is 6. The predicted molar refractivity (Wildman–Crippen MR) is 123 cm³/mol. The van der Waals surface area contributed by atoms with Gasteiger partial charge in [-0.25, -0.2) is 4.79 Å². The Morgan fingerprint density at radius 1 is 1.13 bits per heavy atom. The number of hydrogen-bond donors (Lipinski definition) is 0. The maximum Gasteiger partial charge on any atom is 0.355 e. The van der Waals surface area contributed by atoms with Gasteiger partial charge in [0.05, 0.1) is 10.9 Å². The van der Waals surface area contributed by atoms with Gasteiger partial charge in [-0.2, -0.15) is 0 Å². The molecule has 2 aliphatic heterocycles. The Hall–Kier alpha value is -2.27. The Labute approximate surface area is 187 Å². The van der Waals surface area contributed by atoms with Crippen LogP contribution in [0, 0.1) is 0 Å². The lowest BCUT2D eigenvalue weighted by Crippen LogP contribution is -2.31. The van der Waals surface area contributed by atoms with E-state index in [1.807, 2.05) is 32.9 Å². The fourth-order valence-electron chi connectivity index (χ4n) is 4.45. The van der Waals surface area contributed by atoms with Crippen LogP contribution in [0.5, 0.6) is 11.5 Å². The van der Waals surface area contributed by atoms with Crippen molar-refractivity contribution in [3.8, 4) is 11.5 Å². The monoisotopic (exact) mass is 444 g/mol. The van der Waals surface area contributed by atoms with Crippen molar-refractivity contribution in [2.24, 2.45) is 0 Å². The minimum atomic E-state index is -0.636. The van der Waals surface area contributed by atoms with Crippen molar-refractivity contribution in [1.82, 2.24) is 0 Å². The highest BCUT2D eigenvalue weighted by atomic mass is 35.5. The number of unbranched alkanes of at least 4 members (excludes halogenated alkanes) is 2. The summed E-state index contributed by atoms with van der Waals surface area (Å²) in [5.74, 6) is 0.957. The molecule has 6 heteroatoms. The van der Waals surface area contributed by atoms with Crippen LogP contribution in [0.25, 0.3) is 17.0 Å². The first kappa shape index (κ1) is 21.9. The number of carbonyl (C=O) groups excluding carboxylic acids is 1. The van der Waals surface area contributed by atoms with Gasteiger partial charge in [0.2, 0.25) is 0 Å². The standard InChI is InChI=1S/C25H29ClO5/c1-5-7-8-10-14-13-17(27)19-21(29-14)16-11-12-25(3,4)31-22(16)18-15(9-6-2)20(26)24(28)30-23(18)19/h11-12,14H,5-10,13H2,1-4H3. The molecule has 1 aromatic carbocycles. The average molecular weight is 445 g/mol. The summed E-state index contributed by atoms with van der Waals surface area (Å²) in [7, 11) is 0. The third-order valence-electron chi connectivity index (χ3n) is 5.96. The SMILES string of the molecule is CCCCCC1CC(=O)c2c(c3c(c4c(CCC)c(Cl)c(=O)oc24)OC(C)(C)C=C3)O1. The minimum Gasteiger partial charge on any atom is -0.488 e. The van der Waals surface area contributed by atoms with Crippen LogP contribution in [-0.4, -0.2) is 17.5 Å². The van der Waals surface area contributed by atoms with Crippen LogP contribution in [0.15, 0.2) is 15.3 Å². The van der Waals surface area contributed by atoms with E-state index in [0.29, 0.717) is 34.4 Å². The zero-order valence-electron chi connectivity index (χ0n) is 18.6. The van der Waals surface area contributed by atoms with Crippen LogP contribution in [0.4, 0.5) is 0 Å². The molecule has 31 heavy (non-hydrogen) atoms. The number of benzene rings is 1. The fourth-order valence-corrected chi connectivity index (χ4v) is 4.68. The summed E-state index contributed by atoms with van der Waals surface area (Å²) in [5, 5.41) is 0.660. The Balaban J connectivity index is 2.00. The Morgan fingerprint density at radius 2 is 1.90 bits per heavy atom. The number of aryl methyl sites for hydroxylation is 1. The first-order valence-electron chi connectivity index (χ1n) is 11.2. The van der Waals surface area contributed by atoms with Crippen LogP contribution in [-0.2, 0) is 6.42 Å². The Morgan fingerprint density at radius 3 is 2.61 bits per heavy atom. The molecule has 4 rings (SSSR count).